The number of rotatable bonds is 4. The van der Waals surface area contributed by atoms with Gasteiger partial charge in [-0.05, 0) is 36.4 Å². The van der Waals surface area contributed by atoms with E-state index in [2.05, 4.69) is 20.0 Å². The molecule has 10 heteroatoms. The van der Waals surface area contributed by atoms with Crippen LogP contribution in [0.2, 0.25) is 0 Å². The fourth-order valence-electron chi connectivity index (χ4n) is 3.77. The van der Waals surface area contributed by atoms with Crippen molar-refractivity contribution in [3.05, 3.63) is 71.2 Å². The van der Waals surface area contributed by atoms with Crippen LogP contribution in [0.5, 0.6) is 0 Å². The van der Waals surface area contributed by atoms with Crippen molar-refractivity contribution in [3.63, 3.8) is 0 Å². The third-order valence-corrected chi connectivity index (χ3v) is 5.49. The van der Waals surface area contributed by atoms with Crippen LogP contribution in [0.15, 0.2) is 64.3 Å². The maximum atomic E-state index is 13.3. The number of halogens is 1. The van der Waals surface area contributed by atoms with E-state index in [1.54, 1.807) is 11.1 Å². The maximum Gasteiger partial charge on any atom is 0.267 e. The number of carbonyl (C=O) groups is 1. The Bertz CT molecular complexity index is 1310. The molecule has 0 bridgehead atoms. The van der Waals surface area contributed by atoms with Crippen LogP contribution in [-0.4, -0.2) is 56.7 Å². The third-order valence-electron chi connectivity index (χ3n) is 5.49. The first-order valence-corrected chi connectivity index (χ1v) is 10.1. The Labute approximate surface area is 181 Å². The number of fused-ring (bicyclic) bond motifs is 1. The van der Waals surface area contributed by atoms with Crippen molar-refractivity contribution >= 4 is 22.8 Å². The highest BCUT2D eigenvalue weighted by atomic mass is 19.1. The highest BCUT2D eigenvalue weighted by molar-refractivity contribution is 5.88. The van der Waals surface area contributed by atoms with Crippen LogP contribution in [-0.2, 0) is 11.3 Å². The minimum absolute atomic E-state index is 0.0713. The van der Waals surface area contributed by atoms with Crippen molar-refractivity contribution in [2.75, 3.05) is 31.1 Å². The topological polar surface area (TPSA) is 97.4 Å². The number of benzene rings is 1. The number of pyridine rings is 1. The molecule has 1 aliphatic rings. The average molecular weight is 434 g/mol. The number of nitrogens with zero attached hydrogens (tertiary/aromatic N) is 6. The molecule has 162 valence electrons. The molecule has 5 rings (SSSR count). The van der Waals surface area contributed by atoms with Crippen molar-refractivity contribution in [3.8, 4) is 11.3 Å². The van der Waals surface area contributed by atoms with E-state index in [0.29, 0.717) is 31.7 Å². The largest absolute Gasteiger partial charge is 0.353 e. The van der Waals surface area contributed by atoms with Gasteiger partial charge in [0.05, 0.1) is 0 Å². The Morgan fingerprint density at radius 1 is 1.03 bits per heavy atom. The smallest absolute Gasteiger partial charge is 0.267 e. The van der Waals surface area contributed by atoms with Gasteiger partial charge in [-0.1, -0.05) is 11.2 Å². The van der Waals surface area contributed by atoms with E-state index >= 15 is 0 Å². The molecule has 0 radical (unpaired) electrons. The minimum atomic E-state index is -0.434. The summed E-state index contributed by atoms with van der Waals surface area (Å²) in [4.78, 5) is 38.2. The van der Waals surface area contributed by atoms with Crippen LogP contribution in [0.1, 0.15) is 0 Å². The normalized spacial score (nSPS) is 14.2. The van der Waals surface area contributed by atoms with Gasteiger partial charge in [0.1, 0.15) is 35.6 Å². The first-order chi connectivity index (χ1) is 15.6. The lowest BCUT2D eigenvalue weighted by Gasteiger charge is -2.35. The quantitative estimate of drug-likeness (QED) is 0.484. The van der Waals surface area contributed by atoms with Crippen LogP contribution in [0.25, 0.3) is 22.4 Å². The molecule has 0 saturated carbocycles. The zero-order chi connectivity index (χ0) is 22.1. The molecule has 1 fully saturated rings. The van der Waals surface area contributed by atoms with Crippen molar-refractivity contribution in [2.45, 2.75) is 6.54 Å². The number of hydrogen-bond donors (Lipinski definition) is 0. The predicted octanol–water partition coefficient (Wildman–Crippen LogP) is 1.93. The summed E-state index contributed by atoms with van der Waals surface area (Å²) < 4.78 is 19.7. The van der Waals surface area contributed by atoms with Gasteiger partial charge in [-0.3, -0.25) is 14.2 Å². The minimum Gasteiger partial charge on any atom is -0.353 e. The first-order valence-electron chi connectivity index (χ1n) is 10.1. The van der Waals surface area contributed by atoms with Crippen molar-refractivity contribution in [1.82, 2.24) is 24.6 Å². The van der Waals surface area contributed by atoms with E-state index in [4.69, 9.17) is 4.52 Å². The summed E-state index contributed by atoms with van der Waals surface area (Å²) in [6.07, 6.45) is 3.03. The van der Waals surface area contributed by atoms with Crippen LogP contribution in [0.3, 0.4) is 0 Å². The fourth-order valence-corrected chi connectivity index (χ4v) is 3.77. The summed E-state index contributed by atoms with van der Waals surface area (Å²) in [5.74, 6) is 0.311. The highest BCUT2D eigenvalue weighted by Gasteiger charge is 2.23. The van der Waals surface area contributed by atoms with E-state index in [1.807, 2.05) is 18.2 Å². The summed E-state index contributed by atoms with van der Waals surface area (Å²) >= 11 is 0. The Balaban J connectivity index is 1.34. The summed E-state index contributed by atoms with van der Waals surface area (Å²) in [6.45, 7) is 2.26. The molecule has 1 aliphatic heterocycles. The van der Waals surface area contributed by atoms with Gasteiger partial charge in [0, 0.05) is 37.9 Å². The molecule has 4 aromatic rings. The van der Waals surface area contributed by atoms with E-state index in [-0.39, 0.29) is 29.2 Å². The molecule has 0 atom stereocenters. The first kappa shape index (κ1) is 19.9. The molecule has 1 saturated heterocycles. The zero-order valence-electron chi connectivity index (χ0n) is 17.0. The molecule has 0 aliphatic carbocycles. The molecule has 0 spiro atoms. The van der Waals surface area contributed by atoms with E-state index < -0.39 is 11.4 Å². The van der Waals surface area contributed by atoms with Crippen molar-refractivity contribution in [1.29, 1.82) is 0 Å². The molecular weight excluding hydrogens is 415 g/mol. The number of anilines is 1. The molecular formula is C22H19FN6O3. The Morgan fingerprint density at radius 2 is 1.81 bits per heavy atom. The highest BCUT2D eigenvalue weighted by Crippen LogP contribution is 2.24. The second kappa shape index (κ2) is 8.22. The van der Waals surface area contributed by atoms with Gasteiger partial charge >= 0.3 is 0 Å². The molecule has 4 heterocycles. The van der Waals surface area contributed by atoms with E-state index in [0.717, 1.165) is 5.82 Å². The fraction of sp³-hybridized carbons (Fsp3) is 0.227. The second-order valence-corrected chi connectivity index (χ2v) is 7.45. The Hall–Kier alpha value is -4.08. The van der Waals surface area contributed by atoms with Gasteiger partial charge in [0.2, 0.25) is 5.91 Å². The maximum absolute atomic E-state index is 13.3. The molecule has 0 N–H and O–H groups in total. The van der Waals surface area contributed by atoms with Gasteiger partial charge in [-0.25, -0.2) is 14.4 Å². The Kier molecular flexibility index (Phi) is 5.10. The average Bonchev–Trinajstić information content (AvgIpc) is 3.27. The van der Waals surface area contributed by atoms with E-state index in [1.165, 1.54) is 35.2 Å². The third kappa shape index (κ3) is 3.70. The SMILES string of the molecule is O=C(Cn1cnc2onc(-c3ccc(F)cc3)c2c1=O)N1CCN(c2ccccn2)CC1. The molecule has 1 amide bonds. The van der Waals surface area contributed by atoms with Crippen molar-refractivity contribution in [2.24, 2.45) is 0 Å². The summed E-state index contributed by atoms with van der Waals surface area (Å²) in [5.41, 5.74) is 0.431. The number of hydrogen-bond acceptors (Lipinski definition) is 7. The second-order valence-electron chi connectivity index (χ2n) is 7.45. The standard InChI is InChI=1S/C22H19FN6O3/c23-16-6-4-15(5-7-16)20-19-21(32-26-20)25-14-29(22(19)31)13-18(30)28-11-9-27(10-12-28)17-3-1-2-8-24-17/h1-8,14H,9-13H2. The molecule has 0 unspecified atom stereocenters. The molecule has 3 aromatic heterocycles. The van der Waals surface area contributed by atoms with Crippen molar-refractivity contribution < 1.29 is 13.7 Å². The van der Waals surface area contributed by atoms with Gasteiger partial charge in [-0.2, -0.15) is 0 Å². The van der Waals surface area contributed by atoms with Gasteiger partial charge < -0.3 is 14.3 Å². The zero-order valence-corrected chi connectivity index (χ0v) is 17.0. The molecule has 1 aromatic carbocycles. The summed E-state index contributed by atoms with van der Waals surface area (Å²) in [7, 11) is 0. The summed E-state index contributed by atoms with van der Waals surface area (Å²) in [6, 6.07) is 11.3. The lowest BCUT2D eigenvalue weighted by molar-refractivity contribution is -0.132. The number of aromatic nitrogens is 4. The monoisotopic (exact) mass is 434 g/mol. The van der Waals surface area contributed by atoms with Crippen LogP contribution >= 0.6 is 0 Å². The molecule has 32 heavy (non-hydrogen) atoms. The van der Waals surface area contributed by atoms with Gasteiger partial charge in [-0.15, -0.1) is 0 Å². The van der Waals surface area contributed by atoms with Gasteiger partial charge in [0.15, 0.2) is 0 Å². The van der Waals surface area contributed by atoms with Crippen LogP contribution in [0, 0.1) is 5.82 Å². The lowest BCUT2D eigenvalue weighted by Crippen LogP contribution is -2.50. The lowest BCUT2D eigenvalue weighted by atomic mass is 10.1. The number of amides is 1. The number of piperazine rings is 1. The Morgan fingerprint density at radius 3 is 2.53 bits per heavy atom. The van der Waals surface area contributed by atoms with E-state index in [9.17, 15) is 14.0 Å². The predicted molar refractivity (Wildman–Crippen MR) is 114 cm³/mol. The van der Waals surface area contributed by atoms with Crippen LogP contribution in [0.4, 0.5) is 10.2 Å². The molecule has 9 nitrogen and oxygen atoms in total. The number of carbonyl (C=O) groups excluding carboxylic acids is 1. The van der Waals surface area contributed by atoms with Crippen LogP contribution < -0.4 is 10.5 Å². The summed E-state index contributed by atoms with van der Waals surface area (Å²) in [5, 5.41) is 4.08. The van der Waals surface area contributed by atoms with Gasteiger partial charge in [0.25, 0.3) is 11.3 Å².